The molecule has 1 unspecified atom stereocenters. The number of hydrogen-bond acceptors (Lipinski definition) is 7. The first-order valence-electron chi connectivity index (χ1n) is 14.4. The van der Waals surface area contributed by atoms with Crippen LogP contribution in [0.2, 0.25) is 0 Å². The maximum absolute atomic E-state index is 14.1. The van der Waals surface area contributed by atoms with Crippen LogP contribution < -0.4 is 5.32 Å². The van der Waals surface area contributed by atoms with Gasteiger partial charge in [-0.15, -0.1) is 13.2 Å². The number of carbonyl (C=O) groups is 4. The average Bonchev–Trinajstić information content (AvgIpc) is 3.51. The van der Waals surface area contributed by atoms with E-state index >= 15 is 0 Å². The number of unbranched alkanes of at least 4 members (excludes halogenated alkanes) is 2. The normalized spacial score (nSPS) is 29.1. The summed E-state index contributed by atoms with van der Waals surface area (Å²) < 4.78 is 12.2. The third kappa shape index (κ3) is 6.62. The standard InChI is InChI=1S/C29H44BrN3O7/c1-5-8-10-14-32(13-7-3)27(37)25-29-17-20(30)24(40-29)22(23(29)26(36)33(25)15-11-16-34)28(38)39-19(4)18-31-21(35)12-9-6-2/h6-7,19-20,22-25,34H,2-3,5,8-18H2,1,4H3,(H,31,35)/t19-,20?,22-,23+,24-,25-,29+/m1/s1. The minimum Gasteiger partial charge on any atom is -0.460 e. The largest absolute Gasteiger partial charge is 0.460 e. The summed E-state index contributed by atoms with van der Waals surface area (Å²) in [5, 5.41) is 12.3. The number of ether oxygens (including phenoxy) is 2. The van der Waals surface area contributed by atoms with Crippen LogP contribution in [0.5, 0.6) is 0 Å². The minimum absolute atomic E-state index is 0.138. The highest BCUT2D eigenvalue weighted by atomic mass is 79.9. The van der Waals surface area contributed by atoms with Crippen molar-refractivity contribution in [1.29, 1.82) is 0 Å². The molecule has 0 saturated carbocycles. The Morgan fingerprint density at radius 1 is 1.30 bits per heavy atom. The topological polar surface area (TPSA) is 125 Å². The number of likely N-dealkylation sites (tertiary alicyclic amines) is 1. The van der Waals surface area contributed by atoms with Crippen molar-refractivity contribution >= 4 is 39.6 Å². The summed E-state index contributed by atoms with van der Waals surface area (Å²) in [4.78, 5) is 56.5. The molecule has 0 aromatic heterocycles. The van der Waals surface area contributed by atoms with Gasteiger partial charge in [-0.05, 0) is 32.6 Å². The average molecular weight is 627 g/mol. The third-order valence-electron chi connectivity index (χ3n) is 8.02. The van der Waals surface area contributed by atoms with Crippen molar-refractivity contribution in [2.45, 2.75) is 87.5 Å². The molecule has 7 atom stereocenters. The first kappa shape index (κ1) is 32.3. The number of esters is 1. The predicted molar refractivity (Wildman–Crippen MR) is 153 cm³/mol. The fourth-order valence-corrected chi connectivity index (χ4v) is 7.17. The zero-order chi connectivity index (χ0) is 29.4. The van der Waals surface area contributed by atoms with Crippen LogP contribution in [0.4, 0.5) is 0 Å². The summed E-state index contributed by atoms with van der Waals surface area (Å²) in [6.07, 6.45) is 6.43. The van der Waals surface area contributed by atoms with Gasteiger partial charge in [0.05, 0.1) is 24.5 Å². The fourth-order valence-electron chi connectivity index (χ4n) is 6.23. The lowest BCUT2D eigenvalue weighted by molar-refractivity contribution is -0.159. The second-order valence-corrected chi connectivity index (χ2v) is 12.1. The highest BCUT2D eigenvalue weighted by molar-refractivity contribution is 9.09. The number of aliphatic hydroxyl groups excluding tert-OH is 1. The Kier molecular flexibility index (Phi) is 11.8. The Morgan fingerprint density at radius 2 is 2.05 bits per heavy atom. The number of allylic oxidation sites excluding steroid dienone is 1. The van der Waals surface area contributed by atoms with Gasteiger partial charge in [0.1, 0.15) is 17.7 Å². The molecule has 3 rings (SSSR count). The minimum atomic E-state index is -1.18. The van der Waals surface area contributed by atoms with Gasteiger partial charge in [0.15, 0.2) is 0 Å². The van der Waals surface area contributed by atoms with Gasteiger partial charge in [-0.1, -0.05) is 47.8 Å². The number of hydrogen-bond donors (Lipinski definition) is 2. The Bertz CT molecular complexity index is 962. The van der Waals surface area contributed by atoms with Crippen LogP contribution in [0.3, 0.4) is 0 Å². The van der Waals surface area contributed by atoms with Crippen molar-refractivity contribution < 1.29 is 33.8 Å². The summed E-state index contributed by atoms with van der Waals surface area (Å²) in [7, 11) is 0. The zero-order valence-corrected chi connectivity index (χ0v) is 25.3. The van der Waals surface area contributed by atoms with Crippen molar-refractivity contribution in [3.05, 3.63) is 25.3 Å². The second-order valence-electron chi connectivity index (χ2n) is 10.9. The molecule has 3 saturated heterocycles. The summed E-state index contributed by atoms with van der Waals surface area (Å²) in [5.41, 5.74) is -1.18. The molecule has 0 aliphatic carbocycles. The molecule has 40 heavy (non-hydrogen) atoms. The summed E-state index contributed by atoms with van der Waals surface area (Å²) in [5.74, 6) is -3.07. The van der Waals surface area contributed by atoms with E-state index < -0.39 is 41.7 Å². The Labute approximate surface area is 245 Å². The van der Waals surface area contributed by atoms with Gasteiger partial charge in [0, 0.05) is 37.5 Å². The molecule has 0 aromatic carbocycles. The van der Waals surface area contributed by atoms with Crippen LogP contribution in [0.25, 0.3) is 0 Å². The van der Waals surface area contributed by atoms with Crippen molar-refractivity contribution in [3.63, 3.8) is 0 Å². The van der Waals surface area contributed by atoms with Crippen LogP contribution >= 0.6 is 15.9 Å². The SMILES string of the molecule is C=CCCC(=O)NC[C@@H](C)OC(=O)[C@H]1[C@@H]2O[C@@]3(CC2Br)[C@@H]1C(=O)N(CCCO)[C@@H]3C(=O)N(CC=C)CCCCC. The van der Waals surface area contributed by atoms with E-state index in [1.165, 1.54) is 4.90 Å². The molecular formula is C29H44BrN3O7. The highest BCUT2D eigenvalue weighted by Crippen LogP contribution is 2.60. The summed E-state index contributed by atoms with van der Waals surface area (Å²) in [6.45, 7) is 12.2. The van der Waals surface area contributed by atoms with Gasteiger partial charge in [-0.3, -0.25) is 19.2 Å². The molecule has 1 spiro atoms. The molecule has 3 aliphatic rings. The number of rotatable bonds is 17. The molecule has 3 amide bonds. The molecule has 224 valence electrons. The first-order valence-corrected chi connectivity index (χ1v) is 15.3. The molecular weight excluding hydrogens is 582 g/mol. The van der Waals surface area contributed by atoms with Crippen molar-refractivity contribution in [2.75, 3.05) is 32.8 Å². The monoisotopic (exact) mass is 625 g/mol. The quantitative estimate of drug-likeness (QED) is 0.110. The molecule has 3 fully saturated rings. The van der Waals surface area contributed by atoms with Crippen LogP contribution in [-0.2, 0) is 28.7 Å². The molecule has 2 N–H and O–H groups in total. The number of fused-ring (bicyclic) bond motifs is 1. The third-order valence-corrected chi connectivity index (χ3v) is 8.87. The Balaban J connectivity index is 1.85. The lowest BCUT2D eigenvalue weighted by Crippen LogP contribution is -2.57. The molecule has 11 heteroatoms. The fraction of sp³-hybridized carbons (Fsp3) is 0.724. The van der Waals surface area contributed by atoms with E-state index in [2.05, 4.69) is 41.3 Å². The second kappa shape index (κ2) is 14.6. The van der Waals surface area contributed by atoms with Crippen LogP contribution in [0, 0.1) is 11.8 Å². The highest BCUT2D eigenvalue weighted by Gasteiger charge is 2.77. The summed E-state index contributed by atoms with van der Waals surface area (Å²) >= 11 is 3.65. The molecule has 0 radical (unpaired) electrons. The van der Waals surface area contributed by atoms with E-state index in [0.717, 1.165) is 19.3 Å². The molecule has 3 heterocycles. The lowest BCUT2D eigenvalue weighted by atomic mass is 9.70. The van der Waals surface area contributed by atoms with E-state index in [-0.39, 0.29) is 42.2 Å². The van der Waals surface area contributed by atoms with Gasteiger partial charge in [-0.2, -0.15) is 0 Å². The van der Waals surface area contributed by atoms with Gasteiger partial charge in [-0.25, -0.2) is 0 Å². The van der Waals surface area contributed by atoms with Crippen molar-refractivity contribution in [1.82, 2.24) is 15.1 Å². The smallest absolute Gasteiger partial charge is 0.312 e. The maximum Gasteiger partial charge on any atom is 0.312 e. The van der Waals surface area contributed by atoms with Crippen LogP contribution in [0.1, 0.15) is 58.8 Å². The number of nitrogens with zero attached hydrogens (tertiary/aromatic N) is 2. The van der Waals surface area contributed by atoms with E-state index in [1.54, 1.807) is 24.0 Å². The molecule has 10 nitrogen and oxygen atoms in total. The predicted octanol–water partition coefficient (Wildman–Crippen LogP) is 2.34. The number of alkyl halides is 1. The number of halogens is 1. The Hall–Kier alpha value is -2.24. The molecule has 0 aromatic rings. The van der Waals surface area contributed by atoms with Crippen LogP contribution in [-0.4, -0.2) is 100 Å². The maximum atomic E-state index is 14.1. The zero-order valence-electron chi connectivity index (χ0n) is 23.7. The number of amides is 3. The van der Waals surface area contributed by atoms with Gasteiger partial charge >= 0.3 is 5.97 Å². The van der Waals surface area contributed by atoms with Gasteiger partial charge in [0.2, 0.25) is 17.7 Å². The van der Waals surface area contributed by atoms with Gasteiger partial charge < -0.3 is 29.7 Å². The van der Waals surface area contributed by atoms with Crippen molar-refractivity contribution in [3.8, 4) is 0 Å². The summed E-state index contributed by atoms with van der Waals surface area (Å²) in [6, 6.07) is -0.914. The Morgan fingerprint density at radius 3 is 2.70 bits per heavy atom. The van der Waals surface area contributed by atoms with E-state index in [9.17, 15) is 24.3 Å². The number of carbonyl (C=O) groups excluding carboxylic acids is 4. The van der Waals surface area contributed by atoms with E-state index in [0.29, 0.717) is 38.8 Å². The lowest BCUT2D eigenvalue weighted by Gasteiger charge is -2.37. The van der Waals surface area contributed by atoms with E-state index in [4.69, 9.17) is 9.47 Å². The first-order chi connectivity index (χ1) is 19.2. The molecule has 3 aliphatic heterocycles. The van der Waals surface area contributed by atoms with Gasteiger partial charge in [0.25, 0.3) is 0 Å². The molecule has 2 bridgehead atoms. The van der Waals surface area contributed by atoms with Crippen LogP contribution in [0.15, 0.2) is 25.3 Å². The van der Waals surface area contributed by atoms with Crippen molar-refractivity contribution in [2.24, 2.45) is 11.8 Å². The van der Waals surface area contributed by atoms with E-state index in [1.807, 2.05) is 0 Å². The number of aliphatic hydroxyl groups is 1. The number of nitrogens with one attached hydrogen (secondary N) is 1.